The third-order valence-corrected chi connectivity index (χ3v) is 6.04. The van der Waals surface area contributed by atoms with Crippen LogP contribution in [-0.4, -0.2) is 16.0 Å². The van der Waals surface area contributed by atoms with Gasteiger partial charge in [-0.1, -0.05) is 41.0 Å². The van der Waals surface area contributed by atoms with Crippen molar-refractivity contribution in [3.05, 3.63) is 87.2 Å². The number of halogens is 1. The molecule has 1 aliphatic carbocycles. The number of hydrogen-bond donors (Lipinski definition) is 2. The van der Waals surface area contributed by atoms with Gasteiger partial charge in [0.15, 0.2) is 5.78 Å². The number of benzene rings is 2. The molecule has 0 bridgehead atoms. The van der Waals surface area contributed by atoms with Crippen LogP contribution < -0.4 is 5.32 Å². The fraction of sp³-hybridized carbons (Fsp3) is 0.217. The molecule has 0 saturated carbocycles. The highest BCUT2D eigenvalue weighted by Crippen LogP contribution is 2.49. The predicted octanol–water partition coefficient (Wildman–Crippen LogP) is 5.30. The topological polar surface area (TPSA) is 75.4 Å². The van der Waals surface area contributed by atoms with Crippen LogP contribution in [-0.2, 0) is 4.79 Å². The lowest BCUT2D eigenvalue weighted by Crippen LogP contribution is -2.29. The molecule has 3 aromatic rings. The van der Waals surface area contributed by atoms with Crippen LogP contribution in [0, 0.1) is 6.92 Å². The summed E-state index contributed by atoms with van der Waals surface area (Å²) >= 11 is 6.26. The summed E-state index contributed by atoms with van der Waals surface area (Å²) in [5.41, 5.74) is 5.27. The van der Waals surface area contributed by atoms with E-state index in [4.69, 9.17) is 16.1 Å². The second-order valence-electron chi connectivity index (χ2n) is 7.64. The monoisotopic (exact) mass is 406 g/mol. The highest BCUT2D eigenvalue weighted by molar-refractivity contribution is 6.30. The lowest BCUT2D eigenvalue weighted by atomic mass is 9.72. The molecule has 0 amide bonds. The van der Waals surface area contributed by atoms with Gasteiger partial charge >= 0.3 is 0 Å². The molecule has 1 aliphatic heterocycles. The van der Waals surface area contributed by atoms with Gasteiger partial charge in [-0.25, -0.2) is 0 Å². The number of phenols is 1. The number of allylic oxidation sites excluding steroid dienone is 2. The number of nitrogens with one attached hydrogen (secondary N) is 1. The molecule has 0 spiro atoms. The number of Topliss-reactive ketones (excluding diaryl/α,β-unsaturated/α-hetero) is 1. The van der Waals surface area contributed by atoms with Gasteiger partial charge in [0.2, 0.25) is 5.88 Å². The molecular formula is C23H19ClN2O3. The first-order chi connectivity index (χ1) is 14.0. The third kappa shape index (κ3) is 3.02. The number of rotatable bonds is 2. The molecule has 2 aromatic carbocycles. The maximum absolute atomic E-state index is 13.4. The van der Waals surface area contributed by atoms with Crippen LogP contribution in [0.1, 0.15) is 47.1 Å². The van der Waals surface area contributed by atoms with Crippen molar-refractivity contribution in [2.45, 2.75) is 31.6 Å². The highest BCUT2D eigenvalue weighted by atomic mass is 35.5. The number of ketones is 1. The lowest BCUT2D eigenvalue weighted by Gasteiger charge is -2.34. The van der Waals surface area contributed by atoms with Gasteiger partial charge in [0.05, 0.1) is 11.3 Å². The molecule has 146 valence electrons. The van der Waals surface area contributed by atoms with Crippen LogP contribution in [0.15, 0.2) is 64.3 Å². The summed E-state index contributed by atoms with van der Waals surface area (Å²) in [5.74, 6) is 0.701. The first-order valence-electron chi connectivity index (χ1n) is 9.55. The fourth-order valence-electron chi connectivity index (χ4n) is 4.47. The summed E-state index contributed by atoms with van der Waals surface area (Å²) in [6.07, 6.45) is 1.10. The molecule has 0 saturated heterocycles. The Bertz CT molecular complexity index is 1150. The van der Waals surface area contributed by atoms with Gasteiger partial charge in [0.1, 0.15) is 5.75 Å². The second-order valence-corrected chi connectivity index (χ2v) is 8.07. The molecule has 6 heteroatoms. The summed E-state index contributed by atoms with van der Waals surface area (Å²) in [6.45, 7) is 1.89. The number of nitrogens with zero attached hydrogens (tertiary/aromatic N) is 1. The Morgan fingerprint density at radius 3 is 2.69 bits per heavy atom. The van der Waals surface area contributed by atoms with E-state index >= 15 is 0 Å². The molecule has 0 unspecified atom stereocenters. The Morgan fingerprint density at radius 2 is 1.93 bits per heavy atom. The van der Waals surface area contributed by atoms with Crippen molar-refractivity contribution in [1.82, 2.24) is 5.16 Å². The van der Waals surface area contributed by atoms with Crippen LogP contribution in [0.25, 0.3) is 0 Å². The van der Waals surface area contributed by atoms with E-state index in [1.54, 1.807) is 12.1 Å². The largest absolute Gasteiger partial charge is 0.508 e. The zero-order valence-electron chi connectivity index (χ0n) is 15.8. The van der Waals surface area contributed by atoms with E-state index in [-0.39, 0.29) is 23.4 Å². The van der Waals surface area contributed by atoms with E-state index < -0.39 is 0 Å². The Morgan fingerprint density at radius 1 is 1.14 bits per heavy atom. The molecule has 0 fully saturated rings. The number of aromatic nitrogens is 1. The van der Waals surface area contributed by atoms with Gasteiger partial charge in [0, 0.05) is 28.6 Å². The van der Waals surface area contributed by atoms with E-state index in [1.807, 2.05) is 43.3 Å². The van der Waals surface area contributed by atoms with Gasteiger partial charge < -0.3 is 14.9 Å². The van der Waals surface area contributed by atoms with Crippen molar-refractivity contribution in [3.8, 4) is 5.75 Å². The lowest BCUT2D eigenvalue weighted by molar-refractivity contribution is -0.116. The van der Waals surface area contributed by atoms with Crippen molar-refractivity contribution >= 4 is 23.3 Å². The van der Waals surface area contributed by atoms with Crippen molar-refractivity contribution in [1.29, 1.82) is 0 Å². The molecule has 5 rings (SSSR count). The Kier molecular flexibility index (Phi) is 4.21. The van der Waals surface area contributed by atoms with Crippen molar-refractivity contribution < 1.29 is 14.4 Å². The number of hydrogen-bond acceptors (Lipinski definition) is 5. The van der Waals surface area contributed by atoms with Crippen molar-refractivity contribution in [3.63, 3.8) is 0 Å². The van der Waals surface area contributed by atoms with E-state index in [1.165, 1.54) is 0 Å². The maximum Gasteiger partial charge on any atom is 0.233 e. The number of aromatic hydroxyl groups is 1. The summed E-state index contributed by atoms with van der Waals surface area (Å²) in [5, 5.41) is 17.7. The number of carbonyl (C=O) groups is 1. The standard InChI is InChI=1S/C23H19ClN2O3/c1-12-20-21(14-3-2-4-16(24)9-14)22-18(25-23(20)29-26-12)10-15(11-19(22)28)13-5-7-17(27)8-6-13/h2-9,15,21,25,27H,10-11H2,1H3/t15-,21+/m0/s1. The maximum atomic E-state index is 13.4. The molecule has 2 atom stereocenters. The van der Waals surface area contributed by atoms with Crippen LogP contribution >= 0.6 is 11.6 Å². The quantitative estimate of drug-likeness (QED) is 0.604. The van der Waals surface area contributed by atoms with Gasteiger partial charge in [-0.15, -0.1) is 0 Å². The predicted molar refractivity (Wildman–Crippen MR) is 110 cm³/mol. The van der Waals surface area contributed by atoms with Crippen LogP contribution in [0.4, 0.5) is 5.88 Å². The van der Waals surface area contributed by atoms with Gasteiger partial charge in [-0.2, -0.15) is 0 Å². The zero-order valence-corrected chi connectivity index (χ0v) is 16.5. The van der Waals surface area contributed by atoms with Gasteiger partial charge in [0.25, 0.3) is 0 Å². The zero-order chi connectivity index (χ0) is 20.1. The first kappa shape index (κ1) is 18.0. The fourth-order valence-corrected chi connectivity index (χ4v) is 4.67. The van der Waals surface area contributed by atoms with E-state index in [2.05, 4.69) is 10.5 Å². The van der Waals surface area contributed by atoms with Crippen molar-refractivity contribution in [2.75, 3.05) is 5.32 Å². The molecule has 5 nitrogen and oxygen atoms in total. The average molecular weight is 407 g/mol. The number of aryl methyl sites for hydroxylation is 1. The smallest absolute Gasteiger partial charge is 0.233 e. The number of anilines is 1. The summed E-state index contributed by atoms with van der Waals surface area (Å²) < 4.78 is 5.54. The SMILES string of the molecule is Cc1noc2c1[C@@H](c1cccc(Cl)c1)C1=C(C[C@H](c3ccc(O)cc3)CC1=O)N2. The molecule has 1 aromatic heterocycles. The summed E-state index contributed by atoms with van der Waals surface area (Å²) in [4.78, 5) is 13.4. The Hall–Kier alpha value is -3.05. The summed E-state index contributed by atoms with van der Waals surface area (Å²) in [7, 11) is 0. The Balaban J connectivity index is 1.62. The van der Waals surface area contributed by atoms with Crippen molar-refractivity contribution in [2.24, 2.45) is 0 Å². The van der Waals surface area contributed by atoms with Gasteiger partial charge in [-0.3, -0.25) is 4.79 Å². The minimum Gasteiger partial charge on any atom is -0.508 e. The molecule has 0 radical (unpaired) electrons. The number of fused-ring (bicyclic) bond motifs is 1. The van der Waals surface area contributed by atoms with Gasteiger partial charge in [-0.05, 0) is 54.7 Å². The average Bonchev–Trinajstić information content (AvgIpc) is 3.07. The first-order valence-corrected chi connectivity index (χ1v) is 9.93. The molecule has 29 heavy (non-hydrogen) atoms. The van der Waals surface area contributed by atoms with Crippen LogP contribution in [0.3, 0.4) is 0 Å². The van der Waals surface area contributed by atoms with Crippen LogP contribution in [0.5, 0.6) is 5.75 Å². The molecule has 2 N–H and O–H groups in total. The van der Waals surface area contributed by atoms with E-state index in [0.717, 1.165) is 33.7 Å². The highest BCUT2D eigenvalue weighted by Gasteiger charge is 2.41. The second kappa shape index (κ2) is 6.78. The molecule has 2 heterocycles. The minimum atomic E-state index is -0.250. The third-order valence-electron chi connectivity index (χ3n) is 5.80. The molecular weight excluding hydrogens is 388 g/mol. The Labute approximate surface area is 173 Å². The number of carbonyl (C=O) groups excluding carboxylic acids is 1. The van der Waals surface area contributed by atoms with E-state index in [0.29, 0.717) is 23.7 Å². The van der Waals surface area contributed by atoms with Crippen LogP contribution in [0.2, 0.25) is 5.02 Å². The molecule has 2 aliphatic rings. The number of phenolic OH excluding ortho intramolecular Hbond substituents is 1. The van der Waals surface area contributed by atoms with E-state index in [9.17, 15) is 9.90 Å². The normalized spacial score (nSPS) is 20.8. The summed E-state index contributed by atoms with van der Waals surface area (Å²) in [6, 6.07) is 14.7. The minimum absolute atomic E-state index is 0.0416.